The van der Waals surface area contributed by atoms with Gasteiger partial charge < -0.3 is 5.73 Å². The summed E-state index contributed by atoms with van der Waals surface area (Å²) in [6, 6.07) is 6.51. The molecular formula is C22H26FN5. The largest absolute Gasteiger partial charge is 0.397 e. The Hall–Kier alpha value is -2.60. The first-order chi connectivity index (χ1) is 13.5. The zero-order valence-electron chi connectivity index (χ0n) is 16.4. The average Bonchev–Trinajstić information content (AvgIpc) is 2.68. The Morgan fingerprint density at radius 3 is 2.54 bits per heavy atom. The number of fused-ring (bicyclic) bond motifs is 1. The van der Waals surface area contributed by atoms with E-state index in [1.54, 1.807) is 6.07 Å². The quantitative estimate of drug-likeness (QED) is 0.734. The van der Waals surface area contributed by atoms with E-state index in [4.69, 9.17) is 10.7 Å². The van der Waals surface area contributed by atoms with Gasteiger partial charge in [-0.1, -0.05) is 13.8 Å². The fourth-order valence-electron chi connectivity index (χ4n) is 3.87. The van der Waals surface area contributed by atoms with Crippen molar-refractivity contribution < 1.29 is 4.39 Å². The molecule has 28 heavy (non-hydrogen) atoms. The van der Waals surface area contributed by atoms with Gasteiger partial charge in [0.1, 0.15) is 11.6 Å². The zero-order chi connectivity index (χ0) is 19.7. The van der Waals surface area contributed by atoms with Crippen molar-refractivity contribution in [2.75, 3.05) is 18.8 Å². The van der Waals surface area contributed by atoms with Crippen LogP contribution in [0.1, 0.15) is 55.6 Å². The SMILES string of the molecule is CC(C)c1ncc(CN2CCC(c3nc4ccc(F)cc4cc3N)CC2)cn1. The summed E-state index contributed by atoms with van der Waals surface area (Å²) in [6.07, 6.45) is 5.90. The lowest BCUT2D eigenvalue weighted by Gasteiger charge is -2.32. The third kappa shape index (κ3) is 3.97. The molecule has 146 valence electrons. The summed E-state index contributed by atoms with van der Waals surface area (Å²) in [4.78, 5) is 16.1. The van der Waals surface area contributed by atoms with Gasteiger partial charge in [-0.25, -0.2) is 14.4 Å². The molecule has 0 aliphatic carbocycles. The molecule has 3 heterocycles. The number of piperidine rings is 1. The van der Waals surface area contributed by atoms with Crippen molar-refractivity contribution >= 4 is 16.6 Å². The molecule has 1 saturated heterocycles. The molecule has 0 saturated carbocycles. The van der Waals surface area contributed by atoms with Crippen LogP contribution in [0.2, 0.25) is 0 Å². The minimum absolute atomic E-state index is 0.264. The Bertz CT molecular complexity index is 963. The first-order valence-electron chi connectivity index (χ1n) is 9.88. The van der Waals surface area contributed by atoms with Crippen molar-refractivity contribution in [3.63, 3.8) is 0 Å². The number of rotatable bonds is 4. The van der Waals surface area contributed by atoms with Crippen molar-refractivity contribution in [2.24, 2.45) is 0 Å². The van der Waals surface area contributed by atoms with Crippen molar-refractivity contribution in [2.45, 2.75) is 45.1 Å². The monoisotopic (exact) mass is 379 g/mol. The standard InChI is InChI=1S/C22H26FN5/c1-14(2)22-25-11-15(12-26-22)13-28-7-5-16(6-8-28)21-19(24)10-17-9-18(23)3-4-20(17)27-21/h3-4,9-12,14,16H,5-8,13,24H2,1-2H3. The molecule has 5 nitrogen and oxygen atoms in total. The van der Waals surface area contributed by atoms with E-state index in [0.29, 0.717) is 17.5 Å². The fourth-order valence-corrected chi connectivity index (χ4v) is 3.87. The van der Waals surface area contributed by atoms with Gasteiger partial charge in [0.25, 0.3) is 0 Å². The van der Waals surface area contributed by atoms with Gasteiger partial charge in [-0.05, 0) is 50.2 Å². The van der Waals surface area contributed by atoms with Crippen LogP contribution in [-0.4, -0.2) is 32.9 Å². The topological polar surface area (TPSA) is 67.9 Å². The normalized spacial score (nSPS) is 16.1. The average molecular weight is 379 g/mol. The van der Waals surface area contributed by atoms with E-state index < -0.39 is 0 Å². The Labute approximate surface area is 164 Å². The van der Waals surface area contributed by atoms with Crippen molar-refractivity contribution in [1.29, 1.82) is 0 Å². The smallest absolute Gasteiger partial charge is 0.130 e. The number of anilines is 1. The number of hydrogen-bond donors (Lipinski definition) is 1. The maximum Gasteiger partial charge on any atom is 0.130 e. The predicted octanol–water partition coefficient (Wildman–Crippen LogP) is 4.25. The number of nitrogen functional groups attached to an aromatic ring is 1. The van der Waals surface area contributed by atoms with Gasteiger partial charge in [0.05, 0.1) is 16.9 Å². The number of aromatic nitrogens is 3. The highest BCUT2D eigenvalue weighted by molar-refractivity contribution is 5.82. The molecule has 3 aromatic rings. The molecule has 2 N–H and O–H groups in total. The predicted molar refractivity (Wildman–Crippen MR) is 109 cm³/mol. The molecule has 0 radical (unpaired) electrons. The van der Waals surface area contributed by atoms with Gasteiger partial charge in [0, 0.05) is 41.7 Å². The second kappa shape index (κ2) is 7.80. The van der Waals surface area contributed by atoms with Gasteiger partial charge in [0.15, 0.2) is 0 Å². The highest BCUT2D eigenvalue weighted by atomic mass is 19.1. The second-order valence-corrected chi connectivity index (χ2v) is 7.95. The van der Waals surface area contributed by atoms with Gasteiger partial charge >= 0.3 is 0 Å². The van der Waals surface area contributed by atoms with Crippen LogP contribution < -0.4 is 5.73 Å². The molecule has 4 rings (SSSR count). The lowest BCUT2D eigenvalue weighted by atomic mass is 9.91. The van der Waals surface area contributed by atoms with Crippen LogP contribution in [0.3, 0.4) is 0 Å². The van der Waals surface area contributed by atoms with Crippen LogP contribution >= 0.6 is 0 Å². The highest BCUT2D eigenvalue weighted by Gasteiger charge is 2.24. The second-order valence-electron chi connectivity index (χ2n) is 7.95. The van der Waals surface area contributed by atoms with Crippen molar-refractivity contribution in [3.8, 4) is 0 Å². The van der Waals surface area contributed by atoms with E-state index in [-0.39, 0.29) is 5.82 Å². The summed E-state index contributed by atoms with van der Waals surface area (Å²) in [7, 11) is 0. The zero-order valence-corrected chi connectivity index (χ0v) is 16.4. The Kier molecular flexibility index (Phi) is 5.22. The summed E-state index contributed by atoms with van der Waals surface area (Å²) in [6.45, 7) is 7.04. The first kappa shape index (κ1) is 18.7. The van der Waals surface area contributed by atoms with Crippen LogP contribution in [0.4, 0.5) is 10.1 Å². The number of hydrogen-bond acceptors (Lipinski definition) is 5. The number of likely N-dealkylation sites (tertiary alicyclic amines) is 1. The van der Waals surface area contributed by atoms with Crippen LogP contribution in [0.5, 0.6) is 0 Å². The van der Waals surface area contributed by atoms with Crippen LogP contribution in [0, 0.1) is 5.82 Å². The van der Waals surface area contributed by atoms with E-state index >= 15 is 0 Å². The molecule has 1 aliphatic rings. The highest BCUT2D eigenvalue weighted by Crippen LogP contribution is 2.32. The fraction of sp³-hybridized carbons (Fsp3) is 0.409. The molecule has 0 atom stereocenters. The van der Waals surface area contributed by atoms with E-state index in [1.165, 1.54) is 12.1 Å². The number of benzene rings is 1. The third-order valence-electron chi connectivity index (χ3n) is 5.46. The van der Waals surface area contributed by atoms with Crippen molar-refractivity contribution in [1.82, 2.24) is 19.9 Å². The summed E-state index contributed by atoms with van der Waals surface area (Å²) < 4.78 is 13.4. The Morgan fingerprint density at radius 1 is 1.14 bits per heavy atom. The summed E-state index contributed by atoms with van der Waals surface area (Å²) in [5, 5.41) is 0.753. The van der Waals surface area contributed by atoms with Crippen LogP contribution in [0.15, 0.2) is 36.7 Å². The van der Waals surface area contributed by atoms with Gasteiger partial charge in [-0.2, -0.15) is 0 Å². The van der Waals surface area contributed by atoms with E-state index in [2.05, 4.69) is 28.7 Å². The lowest BCUT2D eigenvalue weighted by Crippen LogP contribution is -2.33. The number of nitrogens with two attached hydrogens (primary N) is 1. The molecule has 0 amide bonds. The molecule has 0 spiro atoms. The number of pyridine rings is 1. The molecule has 1 aromatic carbocycles. The minimum Gasteiger partial charge on any atom is -0.397 e. The first-order valence-corrected chi connectivity index (χ1v) is 9.88. The summed E-state index contributed by atoms with van der Waals surface area (Å²) in [5.41, 5.74) is 9.81. The number of halogens is 1. The molecule has 0 bridgehead atoms. The molecule has 2 aromatic heterocycles. The Balaban J connectivity index is 1.42. The van der Waals surface area contributed by atoms with Gasteiger partial charge in [0.2, 0.25) is 0 Å². The Morgan fingerprint density at radius 2 is 1.86 bits per heavy atom. The molecule has 1 aliphatic heterocycles. The molecule has 0 unspecified atom stereocenters. The van der Waals surface area contributed by atoms with E-state index in [1.807, 2.05) is 18.5 Å². The van der Waals surface area contributed by atoms with E-state index in [9.17, 15) is 4.39 Å². The van der Waals surface area contributed by atoms with Crippen molar-refractivity contribution in [3.05, 3.63) is 59.6 Å². The number of nitrogens with zero attached hydrogens (tertiary/aromatic N) is 4. The van der Waals surface area contributed by atoms with Crippen LogP contribution in [0.25, 0.3) is 10.9 Å². The van der Waals surface area contributed by atoms with Gasteiger partial charge in [-0.15, -0.1) is 0 Å². The lowest BCUT2D eigenvalue weighted by molar-refractivity contribution is 0.203. The van der Waals surface area contributed by atoms with E-state index in [0.717, 1.165) is 60.5 Å². The molecule has 6 heteroatoms. The molecular weight excluding hydrogens is 353 g/mol. The third-order valence-corrected chi connectivity index (χ3v) is 5.46. The summed E-state index contributed by atoms with van der Waals surface area (Å²) in [5.74, 6) is 1.31. The maximum absolute atomic E-state index is 13.4. The van der Waals surface area contributed by atoms with Gasteiger partial charge in [-0.3, -0.25) is 9.88 Å². The molecule has 1 fully saturated rings. The minimum atomic E-state index is -0.264. The van der Waals surface area contributed by atoms with Crippen LogP contribution in [-0.2, 0) is 6.54 Å². The maximum atomic E-state index is 13.4. The summed E-state index contributed by atoms with van der Waals surface area (Å²) >= 11 is 0.